The lowest BCUT2D eigenvalue weighted by atomic mass is 10.1. The fraction of sp³-hybridized carbons (Fsp3) is 0.211. The molecule has 3 aromatic rings. The fourth-order valence-electron chi connectivity index (χ4n) is 2.40. The number of hydrogen-bond acceptors (Lipinski definition) is 7. The average molecular weight is 400 g/mol. The van der Waals surface area contributed by atoms with E-state index < -0.39 is 24.2 Å². The van der Waals surface area contributed by atoms with Crippen LogP contribution in [0.4, 0.5) is 4.39 Å². The van der Waals surface area contributed by atoms with Crippen molar-refractivity contribution in [3.05, 3.63) is 65.0 Å². The predicted molar refractivity (Wildman–Crippen MR) is 101 cm³/mol. The first-order valence-corrected chi connectivity index (χ1v) is 9.36. The molecular weight excluding hydrogens is 383 g/mol. The molecule has 0 unspecified atom stereocenters. The van der Waals surface area contributed by atoms with Crippen molar-refractivity contribution in [2.75, 3.05) is 12.4 Å². The van der Waals surface area contributed by atoms with Gasteiger partial charge in [-0.25, -0.2) is 4.39 Å². The Morgan fingerprint density at radius 3 is 2.64 bits per heavy atom. The van der Waals surface area contributed by atoms with Crippen LogP contribution in [0.25, 0.3) is 5.69 Å². The number of Topliss-reactive ketones (excluding diaryl/α,β-unsaturated/α-hetero) is 1. The van der Waals surface area contributed by atoms with E-state index in [-0.39, 0.29) is 11.3 Å². The molecule has 3 rings (SSSR count). The number of thioether (sulfide) groups is 1. The van der Waals surface area contributed by atoms with Gasteiger partial charge in [0.1, 0.15) is 5.82 Å². The summed E-state index contributed by atoms with van der Waals surface area (Å²) in [6.45, 7) is 3.50. The Labute approximate surface area is 164 Å². The van der Waals surface area contributed by atoms with Gasteiger partial charge in [-0.3, -0.25) is 9.59 Å². The third kappa shape index (κ3) is 4.80. The highest BCUT2D eigenvalue weighted by atomic mass is 32.2. The number of rotatable bonds is 7. The molecular formula is C19H17FN4O3S. The van der Waals surface area contributed by atoms with E-state index in [4.69, 9.17) is 4.74 Å². The standard InChI is InChI=1S/C19H17FN4O3S/c1-12-3-4-13(2)16(9-12)24-19(21-22-23-24)28-11-18(26)27-10-17(25)14-5-7-15(20)8-6-14/h3-9H,10-11H2,1-2H3. The van der Waals surface area contributed by atoms with Crippen LogP contribution in [0, 0.1) is 19.7 Å². The number of esters is 1. The number of nitrogens with zero attached hydrogens (tertiary/aromatic N) is 4. The zero-order valence-corrected chi connectivity index (χ0v) is 16.1. The van der Waals surface area contributed by atoms with Crippen LogP contribution in [-0.2, 0) is 9.53 Å². The molecule has 7 nitrogen and oxygen atoms in total. The normalized spacial score (nSPS) is 10.7. The molecule has 0 N–H and O–H groups in total. The van der Waals surface area contributed by atoms with Gasteiger partial charge in [0.2, 0.25) is 5.16 Å². The Bertz CT molecular complexity index is 1000. The van der Waals surface area contributed by atoms with E-state index in [0.717, 1.165) is 28.6 Å². The van der Waals surface area contributed by atoms with Crippen molar-refractivity contribution in [2.45, 2.75) is 19.0 Å². The predicted octanol–water partition coefficient (Wildman–Crippen LogP) is 2.94. The zero-order valence-electron chi connectivity index (χ0n) is 15.3. The second kappa shape index (κ2) is 8.75. The summed E-state index contributed by atoms with van der Waals surface area (Å²) in [6.07, 6.45) is 0. The Balaban J connectivity index is 1.57. The van der Waals surface area contributed by atoms with Crippen LogP contribution in [0.1, 0.15) is 21.5 Å². The number of carbonyl (C=O) groups excluding carboxylic acids is 2. The van der Waals surface area contributed by atoms with Crippen molar-refractivity contribution in [1.29, 1.82) is 0 Å². The van der Waals surface area contributed by atoms with E-state index in [2.05, 4.69) is 15.5 Å². The van der Waals surface area contributed by atoms with Crippen LogP contribution in [0.3, 0.4) is 0 Å². The molecule has 2 aromatic carbocycles. The Kier molecular flexibility index (Phi) is 6.15. The van der Waals surface area contributed by atoms with Crippen LogP contribution in [0.5, 0.6) is 0 Å². The summed E-state index contributed by atoms with van der Waals surface area (Å²) in [6, 6.07) is 11.0. The minimum Gasteiger partial charge on any atom is -0.457 e. The Morgan fingerprint density at radius 2 is 1.89 bits per heavy atom. The highest BCUT2D eigenvalue weighted by Crippen LogP contribution is 2.21. The first-order chi connectivity index (χ1) is 13.4. The topological polar surface area (TPSA) is 87.0 Å². The largest absolute Gasteiger partial charge is 0.457 e. The smallest absolute Gasteiger partial charge is 0.316 e. The number of ketones is 1. The van der Waals surface area contributed by atoms with Crippen molar-refractivity contribution in [3.8, 4) is 5.69 Å². The summed E-state index contributed by atoms with van der Waals surface area (Å²) in [5.74, 6) is -1.47. The molecule has 144 valence electrons. The minimum absolute atomic E-state index is 0.0536. The number of benzene rings is 2. The molecule has 0 atom stereocenters. The lowest BCUT2D eigenvalue weighted by molar-refractivity contribution is -0.139. The molecule has 0 spiro atoms. The minimum atomic E-state index is -0.573. The quantitative estimate of drug-likeness (QED) is 0.342. The zero-order chi connectivity index (χ0) is 20.1. The molecule has 0 aliphatic carbocycles. The molecule has 0 saturated heterocycles. The summed E-state index contributed by atoms with van der Waals surface area (Å²) in [7, 11) is 0. The van der Waals surface area contributed by atoms with Crippen molar-refractivity contribution in [1.82, 2.24) is 20.2 Å². The van der Waals surface area contributed by atoms with E-state index in [9.17, 15) is 14.0 Å². The summed E-state index contributed by atoms with van der Waals surface area (Å²) < 4.78 is 19.4. The van der Waals surface area contributed by atoms with E-state index in [0.29, 0.717) is 5.16 Å². The van der Waals surface area contributed by atoms with Crippen LogP contribution in [0.2, 0.25) is 0 Å². The second-order valence-corrected chi connectivity index (χ2v) is 6.99. The molecule has 1 aromatic heterocycles. The molecule has 0 aliphatic heterocycles. The maximum atomic E-state index is 12.9. The molecule has 0 aliphatic rings. The van der Waals surface area contributed by atoms with Gasteiger partial charge < -0.3 is 4.74 Å². The van der Waals surface area contributed by atoms with Crippen molar-refractivity contribution in [2.24, 2.45) is 0 Å². The van der Waals surface area contributed by atoms with Crippen molar-refractivity contribution < 1.29 is 18.7 Å². The maximum absolute atomic E-state index is 12.9. The van der Waals surface area contributed by atoms with Gasteiger partial charge in [-0.2, -0.15) is 4.68 Å². The number of aromatic nitrogens is 4. The lowest BCUT2D eigenvalue weighted by Gasteiger charge is -2.08. The number of ether oxygens (including phenoxy) is 1. The molecule has 1 heterocycles. The van der Waals surface area contributed by atoms with Gasteiger partial charge in [0.15, 0.2) is 12.4 Å². The van der Waals surface area contributed by atoms with Gasteiger partial charge in [-0.15, -0.1) is 5.10 Å². The molecule has 0 fully saturated rings. The first kappa shape index (κ1) is 19.7. The van der Waals surface area contributed by atoms with Gasteiger partial charge in [-0.05, 0) is 65.7 Å². The van der Waals surface area contributed by atoms with Crippen LogP contribution < -0.4 is 0 Å². The van der Waals surface area contributed by atoms with Gasteiger partial charge in [0.05, 0.1) is 11.4 Å². The molecule has 0 amide bonds. The van der Waals surface area contributed by atoms with Gasteiger partial charge in [0.25, 0.3) is 0 Å². The SMILES string of the molecule is Cc1ccc(C)c(-n2nnnc2SCC(=O)OCC(=O)c2ccc(F)cc2)c1. The van der Waals surface area contributed by atoms with Crippen LogP contribution in [-0.4, -0.2) is 44.3 Å². The molecule has 28 heavy (non-hydrogen) atoms. The number of tetrazole rings is 1. The maximum Gasteiger partial charge on any atom is 0.316 e. The van der Waals surface area contributed by atoms with Crippen molar-refractivity contribution >= 4 is 23.5 Å². The van der Waals surface area contributed by atoms with Crippen LogP contribution >= 0.6 is 11.8 Å². The van der Waals surface area contributed by atoms with E-state index >= 15 is 0 Å². The Hall–Kier alpha value is -3.07. The molecule has 0 bridgehead atoms. The molecule has 9 heteroatoms. The van der Waals surface area contributed by atoms with Crippen molar-refractivity contribution in [3.63, 3.8) is 0 Å². The third-order valence-corrected chi connectivity index (χ3v) is 4.78. The van der Waals surface area contributed by atoms with E-state index in [1.54, 1.807) is 4.68 Å². The first-order valence-electron chi connectivity index (χ1n) is 8.37. The second-order valence-electron chi connectivity index (χ2n) is 6.04. The Morgan fingerprint density at radius 1 is 1.14 bits per heavy atom. The summed E-state index contributed by atoms with van der Waals surface area (Å²) in [5.41, 5.74) is 3.16. The van der Waals surface area contributed by atoms with Gasteiger partial charge in [-0.1, -0.05) is 23.9 Å². The van der Waals surface area contributed by atoms with Crippen LogP contribution in [0.15, 0.2) is 47.6 Å². The molecule has 0 radical (unpaired) electrons. The summed E-state index contributed by atoms with van der Waals surface area (Å²) in [5, 5.41) is 12.0. The number of hydrogen-bond donors (Lipinski definition) is 0. The number of halogens is 1. The van der Waals surface area contributed by atoms with Gasteiger partial charge >= 0.3 is 5.97 Å². The highest BCUT2D eigenvalue weighted by molar-refractivity contribution is 7.99. The highest BCUT2D eigenvalue weighted by Gasteiger charge is 2.15. The number of aryl methyl sites for hydroxylation is 2. The van der Waals surface area contributed by atoms with E-state index in [1.807, 2.05) is 32.0 Å². The monoisotopic (exact) mass is 400 g/mol. The molecule has 0 saturated carbocycles. The summed E-state index contributed by atoms with van der Waals surface area (Å²) >= 11 is 1.11. The number of carbonyl (C=O) groups is 2. The average Bonchev–Trinajstić information content (AvgIpc) is 3.15. The van der Waals surface area contributed by atoms with E-state index in [1.165, 1.54) is 24.3 Å². The van der Waals surface area contributed by atoms with Gasteiger partial charge in [0, 0.05) is 5.56 Å². The fourth-order valence-corrected chi connectivity index (χ4v) is 3.08. The lowest BCUT2D eigenvalue weighted by Crippen LogP contribution is -2.16. The third-order valence-electron chi connectivity index (χ3n) is 3.88. The summed E-state index contributed by atoms with van der Waals surface area (Å²) in [4.78, 5) is 23.9.